The molecule has 1 aromatic carbocycles. The number of ether oxygens (including phenoxy) is 1. The van der Waals surface area contributed by atoms with E-state index in [4.69, 9.17) is 17.0 Å². The summed E-state index contributed by atoms with van der Waals surface area (Å²) in [7, 11) is 0. The molecule has 0 aliphatic heterocycles. The highest BCUT2D eigenvalue weighted by atomic mass is 79.9. The van der Waals surface area contributed by atoms with Crippen LogP contribution in [0.5, 0.6) is 5.75 Å². The van der Waals surface area contributed by atoms with Crippen molar-refractivity contribution in [1.82, 2.24) is 10.6 Å². The van der Waals surface area contributed by atoms with Crippen LogP contribution in [0.25, 0.3) is 0 Å². The highest BCUT2D eigenvalue weighted by Gasteiger charge is 2.11. The smallest absolute Gasteiger partial charge is 0.257 e. The van der Waals surface area contributed by atoms with Crippen molar-refractivity contribution in [2.24, 2.45) is 0 Å². The lowest BCUT2D eigenvalue weighted by Gasteiger charge is -2.15. The van der Waals surface area contributed by atoms with Crippen LogP contribution in [0.2, 0.25) is 0 Å². The van der Waals surface area contributed by atoms with Gasteiger partial charge in [0.05, 0.1) is 11.1 Å². The summed E-state index contributed by atoms with van der Waals surface area (Å²) in [5, 5.41) is 6.06. The highest BCUT2D eigenvalue weighted by Crippen LogP contribution is 2.26. The fourth-order valence-corrected chi connectivity index (χ4v) is 2.30. The Labute approximate surface area is 139 Å². The van der Waals surface area contributed by atoms with Crippen LogP contribution in [-0.2, 0) is 0 Å². The standard InChI is InChI=1S/C15H21BrN2O2S/c1-4-8-20-13-7-6-11(9-12(13)16)14(19)18-15(21)17-10(3)5-2/h6-7,9-10H,4-5,8H2,1-3H3,(H2,17,18,19,21). The molecule has 1 unspecified atom stereocenters. The highest BCUT2D eigenvalue weighted by molar-refractivity contribution is 9.10. The van der Waals surface area contributed by atoms with Crippen LogP contribution in [-0.4, -0.2) is 23.7 Å². The molecule has 0 spiro atoms. The maximum Gasteiger partial charge on any atom is 0.257 e. The minimum Gasteiger partial charge on any atom is -0.492 e. The largest absolute Gasteiger partial charge is 0.492 e. The van der Waals surface area contributed by atoms with Crippen molar-refractivity contribution >= 4 is 39.2 Å². The number of rotatable bonds is 6. The number of thiocarbonyl (C=S) groups is 1. The maximum absolute atomic E-state index is 12.1. The molecule has 0 aliphatic rings. The SMILES string of the molecule is CCCOc1ccc(C(=O)NC(=S)NC(C)CC)cc1Br. The van der Waals surface area contributed by atoms with Crippen molar-refractivity contribution in [2.75, 3.05) is 6.61 Å². The molecule has 21 heavy (non-hydrogen) atoms. The molecular formula is C15H21BrN2O2S. The number of carbonyl (C=O) groups excluding carboxylic acids is 1. The van der Waals surface area contributed by atoms with Gasteiger partial charge >= 0.3 is 0 Å². The van der Waals surface area contributed by atoms with Gasteiger partial charge in [0.2, 0.25) is 0 Å². The molecule has 0 aromatic heterocycles. The van der Waals surface area contributed by atoms with Gasteiger partial charge in [0, 0.05) is 11.6 Å². The number of halogens is 1. The number of hydrogen-bond donors (Lipinski definition) is 2. The number of benzene rings is 1. The molecule has 1 rings (SSSR count). The predicted octanol–water partition coefficient (Wildman–Crippen LogP) is 3.64. The Balaban J connectivity index is 2.66. The van der Waals surface area contributed by atoms with E-state index in [1.165, 1.54) is 0 Å². The third kappa shape index (κ3) is 6.01. The van der Waals surface area contributed by atoms with Crippen LogP contribution < -0.4 is 15.4 Å². The second-order valence-corrected chi connectivity index (χ2v) is 5.99. The average Bonchev–Trinajstić information content (AvgIpc) is 2.45. The lowest BCUT2D eigenvalue weighted by Crippen LogP contribution is -2.43. The molecule has 0 aliphatic carbocycles. The Morgan fingerprint density at radius 3 is 2.71 bits per heavy atom. The number of amides is 1. The van der Waals surface area contributed by atoms with Crippen LogP contribution in [0.1, 0.15) is 44.0 Å². The van der Waals surface area contributed by atoms with Gasteiger partial charge in [-0.15, -0.1) is 0 Å². The van der Waals surface area contributed by atoms with Gasteiger partial charge in [-0.3, -0.25) is 10.1 Å². The Bertz CT molecular complexity index is 508. The summed E-state index contributed by atoms with van der Waals surface area (Å²) >= 11 is 8.52. The van der Waals surface area contributed by atoms with E-state index in [1.54, 1.807) is 18.2 Å². The number of carbonyl (C=O) groups is 1. The fraction of sp³-hybridized carbons (Fsp3) is 0.467. The molecular weight excluding hydrogens is 352 g/mol. The van der Waals surface area contributed by atoms with Gasteiger partial charge in [-0.1, -0.05) is 13.8 Å². The molecule has 4 nitrogen and oxygen atoms in total. The Morgan fingerprint density at radius 1 is 1.43 bits per heavy atom. The summed E-state index contributed by atoms with van der Waals surface area (Å²) in [5.41, 5.74) is 0.527. The van der Waals surface area contributed by atoms with Crippen LogP contribution in [0, 0.1) is 0 Å². The molecule has 116 valence electrons. The van der Waals surface area contributed by atoms with E-state index in [0.29, 0.717) is 17.3 Å². The first-order chi connectivity index (χ1) is 9.97. The Hall–Kier alpha value is -1.14. The summed E-state index contributed by atoms with van der Waals surface area (Å²) < 4.78 is 6.31. The Kier molecular flexibility index (Phi) is 7.67. The first-order valence-electron chi connectivity index (χ1n) is 7.02. The minimum atomic E-state index is -0.237. The molecule has 0 saturated carbocycles. The summed E-state index contributed by atoms with van der Waals surface area (Å²) in [6, 6.07) is 5.46. The number of hydrogen-bond acceptors (Lipinski definition) is 3. The molecule has 1 amide bonds. The van der Waals surface area contributed by atoms with E-state index in [-0.39, 0.29) is 11.9 Å². The topological polar surface area (TPSA) is 50.4 Å². The minimum absolute atomic E-state index is 0.231. The lowest BCUT2D eigenvalue weighted by atomic mass is 10.2. The van der Waals surface area contributed by atoms with Gasteiger partial charge in [0.1, 0.15) is 5.75 Å². The second-order valence-electron chi connectivity index (χ2n) is 4.73. The van der Waals surface area contributed by atoms with E-state index < -0.39 is 0 Å². The Morgan fingerprint density at radius 2 is 2.14 bits per heavy atom. The zero-order valence-electron chi connectivity index (χ0n) is 12.5. The fourth-order valence-electron chi connectivity index (χ4n) is 1.51. The van der Waals surface area contributed by atoms with E-state index in [1.807, 2.05) is 20.8 Å². The summed E-state index contributed by atoms with van der Waals surface area (Å²) in [6.07, 6.45) is 1.87. The molecule has 0 radical (unpaired) electrons. The molecule has 1 atom stereocenters. The third-order valence-corrected chi connectivity index (χ3v) is 3.71. The molecule has 6 heteroatoms. The van der Waals surface area contributed by atoms with Crippen LogP contribution in [0.15, 0.2) is 22.7 Å². The summed E-state index contributed by atoms with van der Waals surface area (Å²) in [6.45, 7) is 6.75. The predicted molar refractivity (Wildman–Crippen MR) is 92.9 cm³/mol. The first-order valence-corrected chi connectivity index (χ1v) is 8.22. The molecule has 0 heterocycles. The zero-order chi connectivity index (χ0) is 15.8. The normalized spacial score (nSPS) is 11.6. The molecule has 2 N–H and O–H groups in total. The van der Waals surface area contributed by atoms with E-state index in [0.717, 1.165) is 23.1 Å². The van der Waals surface area contributed by atoms with Gasteiger partial charge < -0.3 is 10.1 Å². The number of nitrogens with one attached hydrogen (secondary N) is 2. The molecule has 0 fully saturated rings. The summed E-state index contributed by atoms with van der Waals surface area (Å²) in [5.74, 6) is 0.493. The molecule has 1 aromatic rings. The van der Waals surface area contributed by atoms with Crippen molar-refractivity contribution in [3.63, 3.8) is 0 Å². The third-order valence-electron chi connectivity index (χ3n) is 2.87. The van der Waals surface area contributed by atoms with Crippen LogP contribution >= 0.6 is 28.1 Å². The van der Waals surface area contributed by atoms with Crippen LogP contribution in [0.4, 0.5) is 0 Å². The van der Waals surface area contributed by atoms with Crippen molar-refractivity contribution < 1.29 is 9.53 Å². The lowest BCUT2D eigenvalue weighted by molar-refractivity contribution is 0.0976. The monoisotopic (exact) mass is 372 g/mol. The molecule has 0 saturated heterocycles. The molecule has 0 bridgehead atoms. The van der Waals surface area contributed by atoms with E-state index >= 15 is 0 Å². The van der Waals surface area contributed by atoms with Crippen LogP contribution in [0.3, 0.4) is 0 Å². The van der Waals surface area contributed by atoms with Gasteiger partial charge in [0.15, 0.2) is 5.11 Å². The van der Waals surface area contributed by atoms with Crippen molar-refractivity contribution in [3.8, 4) is 5.75 Å². The average molecular weight is 373 g/mol. The van der Waals surface area contributed by atoms with Gasteiger partial charge in [-0.25, -0.2) is 0 Å². The van der Waals surface area contributed by atoms with Crippen molar-refractivity contribution in [1.29, 1.82) is 0 Å². The quantitative estimate of drug-likeness (QED) is 0.748. The van der Waals surface area contributed by atoms with Crippen molar-refractivity contribution in [3.05, 3.63) is 28.2 Å². The zero-order valence-corrected chi connectivity index (χ0v) is 14.9. The van der Waals surface area contributed by atoms with Crippen molar-refractivity contribution in [2.45, 2.75) is 39.7 Å². The van der Waals surface area contributed by atoms with Gasteiger partial charge in [-0.2, -0.15) is 0 Å². The second kappa shape index (κ2) is 9.00. The van der Waals surface area contributed by atoms with E-state index in [2.05, 4.69) is 26.6 Å². The first kappa shape index (κ1) is 17.9. The van der Waals surface area contributed by atoms with Gasteiger partial charge in [0.25, 0.3) is 5.91 Å². The summed E-state index contributed by atoms with van der Waals surface area (Å²) in [4.78, 5) is 12.1. The van der Waals surface area contributed by atoms with E-state index in [9.17, 15) is 4.79 Å². The maximum atomic E-state index is 12.1. The van der Waals surface area contributed by atoms with Gasteiger partial charge in [-0.05, 0) is 66.1 Å².